The first kappa shape index (κ1) is 28.8. The van der Waals surface area contributed by atoms with E-state index in [1.165, 1.54) is 5.57 Å². The third-order valence-electron chi connectivity index (χ3n) is 10.6. The topological polar surface area (TPSA) is 70.3 Å². The van der Waals surface area contributed by atoms with Gasteiger partial charge in [-0.25, -0.2) is 13.6 Å². The van der Waals surface area contributed by atoms with Crippen LogP contribution in [0, 0.1) is 17.3 Å². The molecule has 8 nitrogen and oxygen atoms in total. The van der Waals surface area contributed by atoms with Gasteiger partial charge in [-0.15, -0.1) is 0 Å². The lowest BCUT2D eigenvalue weighted by atomic mass is 9.57. The third-order valence-corrected chi connectivity index (χ3v) is 10.6. The molecule has 2 spiro atoms. The Morgan fingerprint density at radius 1 is 1.12 bits per heavy atom. The van der Waals surface area contributed by atoms with Gasteiger partial charge in [0.15, 0.2) is 0 Å². The summed E-state index contributed by atoms with van der Waals surface area (Å²) in [5.41, 5.74) is 0.946. The van der Waals surface area contributed by atoms with Crippen molar-refractivity contribution in [2.45, 2.75) is 88.8 Å². The van der Waals surface area contributed by atoms with E-state index >= 15 is 0 Å². The van der Waals surface area contributed by atoms with Crippen molar-refractivity contribution in [2.75, 3.05) is 66.1 Å². The molecule has 4 saturated heterocycles. The van der Waals surface area contributed by atoms with Crippen molar-refractivity contribution in [3.63, 3.8) is 0 Å². The minimum absolute atomic E-state index is 0.0273. The van der Waals surface area contributed by atoms with Gasteiger partial charge in [0.25, 0.3) is 6.43 Å². The van der Waals surface area contributed by atoms with Crippen LogP contribution in [0.15, 0.2) is 11.6 Å². The molecule has 2 saturated carbocycles. The molecule has 6 rings (SSSR count). The monoisotopic (exact) mass is 567 g/mol. The Labute approximate surface area is 237 Å². The van der Waals surface area contributed by atoms with Crippen molar-refractivity contribution in [2.24, 2.45) is 17.3 Å². The second-order valence-corrected chi connectivity index (χ2v) is 13.9. The molecule has 0 aromatic carbocycles. The molecule has 40 heavy (non-hydrogen) atoms. The Morgan fingerprint density at radius 2 is 1.80 bits per heavy atom. The van der Waals surface area contributed by atoms with Gasteiger partial charge in [-0.3, -0.25) is 4.90 Å². The van der Waals surface area contributed by atoms with E-state index in [0.29, 0.717) is 12.5 Å². The fraction of sp³-hybridized carbons (Fsp3) is 0.900. The fourth-order valence-electron chi connectivity index (χ4n) is 8.43. The molecule has 6 fully saturated rings. The van der Waals surface area contributed by atoms with Gasteiger partial charge >= 0.3 is 6.09 Å². The standard InChI is InChI=1S/C30H47F2N3O5/c1-20(2)5-6-23-28(3,40-23)26-25(37-4)22(7-8-30(26)19-38-30)39-27(36)35-17-29(18-35)13-21(14-29)15-33-9-11-34(12-10-33)16-24(31)32/h5,21-26H,6-19H2,1-4H3/t22-,23-,25-,26?,28+,30+/m1/s1. The Balaban J connectivity index is 0.965. The number of piperazine rings is 1. The highest BCUT2D eigenvalue weighted by atomic mass is 19.3. The van der Waals surface area contributed by atoms with E-state index in [0.717, 1.165) is 77.9 Å². The smallest absolute Gasteiger partial charge is 0.410 e. The maximum atomic E-state index is 13.2. The van der Waals surface area contributed by atoms with Crippen LogP contribution in [0.2, 0.25) is 0 Å². The van der Waals surface area contributed by atoms with Crippen LogP contribution >= 0.6 is 0 Å². The summed E-state index contributed by atoms with van der Waals surface area (Å²) in [7, 11) is 1.71. The number of likely N-dealkylation sites (tertiary alicyclic amines) is 1. The van der Waals surface area contributed by atoms with E-state index in [4.69, 9.17) is 18.9 Å². The van der Waals surface area contributed by atoms with E-state index in [-0.39, 0.29) is 53.5 Å². The number of halogens is 2. The van der Waals surface area contributed by atoms with Gasteiger partial charge in [-0.2, -0.15) is 0 Å². The summed E-state index contributed by atoms with van der Waals surface area (Å²) in [6.07, 6.45) is 4.02. The molecule has 226 valence electrons. The summed E-state index contributed by atoms with van der Waals surface area (Å²) in [6.45, 7) is 12.7. The van der Waals surface area contributed by atoms with Crippen LogP contribution < -0.4 is 0 Å². The van der Waals surface area contributed by atoms with Gasteiger partial charge in [0.05, 0.1) is 25.2 Å². The summed E-state index contributed by atoms with van der Waals surface area (Å²) in [5.74, 6) is 0.657. The van der Waals surface area contributed by atoms with Crippen molar-refractivity contribution in [3.8, 4) is 0 Å². The number of allylic oxidation sites excluding steroid dienone is 1. The van der Waals surface area contributed by atoms with Crippen LogP contribution in [0.4, 0.5) is 13.6 Å². The van der Waals surface area contributed by atoms with Crippen LogP contribution in [0.1, 0.15) is 52.9 Å². The third kappa shape index (κ3) is 5.55. The molecule has 0 N–H and O–H groups in total. The van der Waals surface area contributed by atoms with Crippen molar-refractivity contribution < 1.29 is 32.5 Å². The quantitative estimate of drug-likeness (QED) is 0.310. The zero-order chi connectivity index (χ0) is 28.3. The Kier molecular flexibility index (Phi) is 7.73. The van der Waals surface area contributed by atoms with Gasteiger partial charge in [-0.1, -0.05) is 11.6 Å². The van der Waals surface area contributed by atoms with Crippen LogP contribution in [0.5, 0.6) is 0 Å². The summed E-state index contributed by atoms with van der Waals surface area (Å²) in [5, 5.41) is 0. The lowest BCUT2D eigenvalue weighted by molar-refractivity contribution is -0.137. The minimum atomic E-state index is -2.25. The summed E-state index contributed by atoms with van der Waals surface area (Å²) >= 11 is 0. The fourth-order valence-corrected chi connectivity index (χ4v) is 8.43. The highest BCUT2D eigenvalue weighted by Gasteiger charge is 2.72. The van der Waals surface area contributed by atoms with Gasteiger partial charge < -0.3 is 28.7 Å². The van der Waals surface area contributed by atoms with Crippen LogP contribution in [0.3, 0.4) is 0 Å². The molecule has 4 heterocycles. The van der Waals surface area contributed by atoms with Gasteiger partial charge in [0, 0.05) is 58.3 Å². The Bertz CT molecular complexity index is 966. The van der Waals surface area contributed by atoms with E-state index in [1.54, 1.807) is 7.11 Å². The number of hydrogen-bond acceptors (Lipinski definition) is 7. The van der Waals surface area contributed by atoms with Crippen molar-refractivity contribution in [1.29, 1.82) is 0 Å². The Hall–Kier alpha value is -1.33. The molecule has 10 heteroatoms. The zero-order valence-corrected chi connectivity index (χ0v) is 24.6. The van der Waals surface area contributed by atoms with Crippen molar-refractivity contribution in [1.82, 2.24) is 14.7 Å². The maximum absolute atomic E-state index is 13.2. The molecular formula is C30H47F2N3O5. The Morgan fingerprint density at radius 3 is 2.40 bits per heavy atom. The summed E-state index contributed by atoms with van der Waals surface area (Å²) in [6, 6.07) is 0. The highest BCUT2D eigenvalue weighted by Crippen LogP contribution is 2.60. The molecule has 6 atom stereocenters. The second kappa shape index (κ2) is 10.7. The summed E-state index contributed by atoms with van der Waals surface area (Å²) < 4.78 is 49.7. The van der Waals surface area contributed by atoms with E-state index in [2.05, 4.69) is 31.7 Å². The molecule has 4 aliphatic heterocycles. The van der Waals surface area contributed by atoms with Crippen molar-refractivity contribution in [3.05, 3.63) is 11.6 Å². The van der Waals surface area contributed by atoms with E-state index in [9.17, 15) is 13.6 Å². The first-order valence-corrected chi connectivity index (χ1v) is 15.2. The van der Waals surface area contributed by atoms with Gasteiger partial charge in [-0.05, 0) is 58.8 Å². The van der Waals surface area contributed by atoms with Gasteiger partial charge in [0.2, 0.25) is 0 Å². The first-order chi connectivity index (χ1) is 19.0. The second-order valence-electron chi connectivity index (χ2n) is 13.9. The minimum Gasteiger partial charge on any atom is -0.443 e. The molecule has 1 amide bonds. The van der Waals surface area contributed by atoms with E-state index < -0.39 is 6.43 Å². The predicted octanol–water partition coefficient (Wildman–Crippen LogP) is 3.79. The van der Waals surface area contributed by atoms with Gasteiger partial charge in [0.1, 0.15) is 23.4 Å². The number of carbonyl (C=O) groups is 1. The van der Waals surface area contributed by atoms with Crippen LogP contribution in [-0.4, -0.2) is 123 Å². The summed E-state index contributed by atoms with van der Waals surface area (Å²) in [4.78, 5) is 19.3. The molecule has 1 unspecified atom stereocenters. The number of methoxy groups -OCH3 is 1. The molecule has 0 bridgehead atoms. The normalized spacial score (nSPS) is 39.2. The van der Waals surface area contributed by atoms with Crippen molar-refractivity contribution >= 4 is 6.09 Å². The molecule has 0 radical (unpaired) electrons. The maximum Gasteiger partial charge on any atom is 0.410 e. The lowest BCUT2D eigenvalue weighted by Crippen LogP contribution is -2.65. The SMILES string of the molecule is CO[C@H]1C([C@@]2(C)O[C@@H]2CC=C(C)C)[C@]2(CC[C@H]1OC(=O)N1CC3(CC(CN4CCN(CC(F)F)CC4)C3)C1)CO2. The highest BCUT2D eigenvalue weighted by molar-refractivity contribution is 5.69. The number of rotatable bonds is 9. The average Bonchev–Trinajstić information content (AvgIpc) is 3.77. The first-order valence-electron chi connectivity index (χ1n) is 15.2. The molecule has 2 aliphatic carbocycles. The molecule has 6 aliphatic rings. The number of carbonyl (C=O) groups excluding carboxylic acids is 1. The molecular weight excluding hydrogens is 520 g/mol. The largest absolute Gasteiger partial charge is 0.443 e. The number of amides is 1. The van der Waals surface area contributed by atoms with Crippen LogP contribution in [-0.2, 0) is 18.9 Å². The number of alkyl halides is 2. The van der Waals surface area contributed by atoms with E-state index in [1.807, 2.05) is 9.80 Å². The number of nitrogens with zero attached hydrogens (tertiary/aromatic N) is 3. The number of hydrogen-bond donors (Lipinski definition) is 0. The average molecular weight is 568 g/mol. The molecule has 0 aromatic rings. The predicted molar refractivity (Wildman–Crippen MR) is 145 cm³/mol. The zero-order valence-electron chi connectivity index (χ0n) is 24.6. The lowest BCUT2D eigenvalue weighted by Gasteiger charge is -2.59. The molecule has 0 aromatic heterocycles. The number of epoxide rings is 2. The van der Waals surface area contributed by atoms with Crippen LogP contribution in [0.25, 0.3) is 0 Å². The number of ether oxygens (including phenoxy) is 4.